The van der Waals surface area contributed by atoms with Crippen molar-refractivity contribution in [2.24, 2.45) is 0 Å². The summed E-state index contributed by atoms with van der Waals surface area (Å²) in [6.07, 6.45) is 0. The summed E-state index contributed by atoms with van der Waals surface area (Å²) in [6.45, 7) is 0. The lowest BCUT2D eigenvalue weighted by Gasteiger charge is -1.95. The molecule has 1 aromatic rings. The Kier molecular flexibility index (Phi) is 3.69. The van der Waals surface area contributed by atoms with Gasteiger partial charge in [0.05, 0.1) is 0 Å². The van der Waals surface area contributed by atoms with Gasteiger partial charge in [0, 0.05) is 16.5 Å². The number of hydrogen-bond donors (Lipinski definition) is 0. The van der Waals surface area contributed by atoms with Gasteiger partial charge in [-0.15, -0.1) is 23.4 Å². The van der Waals surface area contributed by atoms with Gasteiger partial charge in [-0.2, -0.15) is 0 Å². The van der Waals surface area contributed by atoms with Gasteiger partial charge in [0.15, 0.2) is 0 Å². The quantitative estimate of drug-likeness (QED) is 0.385. The van der Waals surface area contributed by atoms with Crippen LogP contribution in [-0.4, -0.2) is 11.6 Å². The Bertz CT molecular complexity index is 174. The van der Waals surface area contributed by atoms with Crippen molar-refractivity contribution >= 4 is 23.4 Å². The average molecular weight is 174 g/mol. The smallest absolute Gasteiger partial charge is 0.0317 e. The van der Waals surface area contributed by atoms with E-state index in [0.717, 1.165) is 11.6 Å². The summed E-state index contributed by atoms with van der Waals surface area (Å²) < 4.78 is 0. The molecule has 0 heterocycles. The van der Waals surface area contributed by atoms with Crippen molar-refractivity contribution in [3.63, 3.8) is 0 Å². The number of hydrogen-bond acceptors (Lipinski definition) is 1. The van der Waals surface area contributed by atoms with E-state index in [1.54, 1.807) is 11.8 Å². The van der Waals surface area contributed by atoms with Crippen LogP contribution in [-0.2, 0) is 0 Å². The summed E-state index contributed by atoms with van der Waals surface area (Å²) >= 11 is 7.32. The van der Waals surface area contributed by atoms with Crippen LogP contribution < -0.4 is 0 Å². The molecule has 54 valence electrons. The molecule has 0 amide bonds. The number of thioether (sulfide) groups is 1. The predicted octanol–water partition coefficient (Wildman–Crippen LogP) is 3.02. The zero-order chi connectivity index (χ0) is 7.23. The Labute approximate surface area is 70.6 Å². The molecule has 10 heavy (non-hydrogen) atoms. The standard InChI is InChI=1S/C8H9ClS/c9-6-7-10-8-4-2-1-3-5-8/h1-5H,6-7H2/i6+1. The Balaban J connectivity index is 2.43. The van der Waals surface area contributed by atoms with Crippen LogP contribution in [0.25, 0.3) is 0 Å². The molecule has 1 aromatic carbocycles. The van der Waals surface area contributed by atoms with Gasteiger partial charge in [-0.25, -0.2) is 0 Å². The van der Waals surface area contributed by atoms with Crippen LogP contribution in [0.3, 0.4) is 0 Å². The predicted molar refractivity (Wildman–Crippen MR) is 47.9 cm³/mol. The maximum atomic E-state index is 5.53. The van der Waals surface area contributed by atoms with E-state index in [-0.39, 0.29) is 0 Å². The van der Waals surface area contributed by atoms with E-state index >= 15 is 0 Å². The fourth-order valence-electron chi connectivity index (χ4n) is 0.673. The van der Waals surface area contributed by atoms with Gasteiger partial charge in [-0.3, -0.25) is 0 Å². The van der Waals surface area contributed by atoms with Gasteiger partial charge >= 0.3 is 0 Å². The SMILES string of the molecule is Cl[13CH2]CSc1ccccc1. The average Bonchev–Trinajstić information content (AvgIpc) is 2.03. The first-order valence-electron chi connectivity index (χ1n) is 3.17. The molecular weight excluding hydrogens is 165 g/mol. The fourth-order valence-corrected chi connectivity index (χ4v) is 1.57. The van der Waals surface area contributed by atoms with Crippen LogP contribution in [0, 0.1) is 0 Å². The highest BCUT2D eigenvalue weighted by Gasteiger charge is 1.88. The second-order valence-corrected chi connectivity index (χ2v) is 3.40. The van der Waals surface area contributed by atoms with Crippen LogP contribution in [0.4, 0.5) is 0 Å². The molecule has 0 saturated heterocycles. The molecule has 0 radical (unpaired) electrons. The summed E-state index contributed by atoms with van der Waals surface area (Å²) in [5.41, 5.74) is 0. The minimum absolute atomic E-state index is 0.722. The lowest BCUT2D eigenvalue weighted by molar-refractivity contribution is 1.43. The lowest BCUT2D eigenvalue weighted by Crippen LogP contribution is -1.77. The number of alkyl halides is 1. The first kappa shape index (κ1) is 7.96. The third kappa shape index (κ3) is 2.63. The summed E-state index contributed by atoms with van der Waals surface area (Å²) in [6, 6.07) is 10.3. The van der Waals surface area contributed by atoms with Gasteiger partial charge in [-0.05, 0) is 12.1 Å². The summed E-state index contributed by atoms with van der Waals surface area (Å²) in [5.74, 6) is 1.71. The highest BCUT2D eigenvalue weighted by Crippen LogP contribution is 2.16. The summed E-state index contributed by atoms with van der Waals surface area (Å²) in [7, 11) is 0. The van der Waals surface area contributed by atoms with Crippen molar-refractivity contribution in [3.8, 4) is 0 Å². The molecule has 0 atom stereocenters. The van der Waals surface area contributed by atoms with Crippen LogP contribution in [0.2, 0.25) is 0 Å². The van der Waals surface area contributed by atoms with Gasteiger partial charge < -0.3 is 0 Å². The molecule has 0 N–H and O–H groups in total. The molecule has 0 aliphatic heterocycles. The second-order valence-electron chi connectivity index (χ2n) is 1.85. The van der Waals surface area contributed by atoms with E-state index in [4.69, 9.17) is 11.6 Å². The maximum absolute atomic E-state index is 5.53. The highest BCUT2D eigenvalue weighted by molar-refractivity contribution is 7.99. The first-order valence-corrected chi connectivity index (χ1v) is 4.69. The highest BCUT2D eigenvalue weighted by atomic mass is 35.5. The fraction of sp³-hybridized carbons (Fsp3) is 0.250. The largest absolute Gasteiger partial charge is 0.126 e. The third-order valence-corrected chi connectivity index (χ3v) is 2.52. The van der Waals surface area contributed by atoms with Gasteiger partial charge in [-0.1, -0.05) is 18.2 Å². The van der Waals surface area contributed by atoms with Gasteiger partial charge in [0.25, 0.3) is 0 Å². The molecule has 0 spiro atoms. The van der Waals surface area contributed by atoms with E-state index in [1.807, 2.05) is 18.2 Å². The first-order chi connectivity index (χ1) is 4.93. The minimum Gasteiger partial charge on any atom is -0.126 e. The minimum atomic E-state index is 0.722. The van der Waals surface area contributed by atoms with E-state index in [0.29, 0.717) is 0 Å². The molecule has 0 aromatic heterocycles. The Morgan fingerprint density at radius 3 is 2.50 bits per heavy atom. The number of halogens is 1. The molecule has 1 rings (SSSR count). The molecule has 0 aliphatic rings. The molecule has 0 bridgehead atoms. The third-order valence-electron chi connectivity index (χ3n) is 1.09. The van der Waals surface area contributed by atoms with Crippen LogP contribution in [0.5, 0.6) is 0 Å². The molecular formula is C8H9ClS. The summed E-state index contributed by atoms with van der Waals surface area (Å²) in [5, 5.41) is 0. The molecule has 0 unspecified atom stereocenters. The van der Waals surface area contributed by atoms with Crippen molar-refractivity contribution in [1.29, 1.82) is 0 Å². The Morgan fingerprint density at radius 2 is 1.90 bits per heavy atom. The van der Waals surface area contributed by atoms with Crippen LogP contribution >= 0.6 is 23.4 Å². The lowest BCUT2D eigenvalue weighted by atomic mass is 10.4. The van der Waals surface area contributed by atoms with Crippen molar-refractivity contribution in [2.45, 2.75) is 4.90 Å². The van der Waals surface area contributed by atoms with E-state index in [1.165, 1.54) is 4.90 Å². The topological polar surface area (TPSA) is 0 Å². The molecule has 0 aliphatic carbocycles. The number of benzene rings is 1. The maximum Gasteiger partial charge on any atom is 0.0317 e. The van der Waals surface area contributed by atoms with Crippen molar-refractivity contribution in [1.82, 2.24) is 0 Å². The van der Waals surface area contributed by atoms with Crippen molar-refractivity contribution < 1.29 is 0 Å². The Hall–Kier alpha value is -0.140. The van der Waals surface area contributed by atoms with Crippen molar-refractivity contribution in [2.75, 3.05) is 11.6 Å². The monoisotopic (exact) mass is 173 g/mol. The Morgan fingerprint density at radius 1 is 1.20 bits per heavy atom. The zero-order valence-electron chi connectivity index (χ0n) is 5.59. The molecule has 0 saturated carbocycles. The molecule has 0 fully saturated rings. The van der Waals surface area contributed by atoms with Crippen LogP contribution in [0.1, 0.15) is 0 Å². The van der Waals surface area contributed by atoms with E-state index < -0.39 is 0 Å². The molecule has 0 nitrogen and oxygen atoms in total. The second kappa shape index (κ2) is 4.64. The van der Waals surface area contributed by atoms with Gasteiger partial charge in [0.1, 0.15) is 0 Å². The normalized spacial score (nSPS) is 9.70. The summed E-state index contributed by atoms with van der Waals surface area (Å²) in [4.78, 5) is 1.29. The number of rotatable bonds is 3. The van der Waals surface area contributed by atoms with Crippen LogP contribution in [0.15, 0.2) is 35.2 Å². The van der Waals surface area contributed by atoms with E-state index in [9.17, 15) is 0 Å². The zero-order valence-corrected chi connectivity index (χ0v) is 7.16. The van der Waals surface area contributed by atoms with Crippen molar-refractivity contribution in [3.05, 3.63) is 30.3 Å². The molecule has 2 heteroatoms. The van der Waals surface area contributed by atoms with Gasteiger partial charge in [0.2, 0.25) is 0 Å². The van der Waals surface area contributed by atoms with E-state index in [2.05, 4.69) is 12.1 Å².